The first kappa shape index (κ1) is 9.96. The molecular weight excluding hydrogens is 152 g/mol. The van der Waals surface area contributed by atoms with E-state index >= 15 is 0 Å². The molecule has 12 heavy (non-hydrogen) atoms. The van der Waals surface area contributed by atoms with Crippen LogP contribution in [0.4, 0.5) is 0 Å². The smallest absolute Gasteiger partial charge is 0.0431 e. The Kier molecular flexibility index (Phi) is 4.58. The van der Waals surface area contributed by atoms with Crippen LogP contribution in [-0.2, 0) is 0 Å². The molecule has 0 radical (unpaired) electrons. The van der Waals surface area contributed by atoms with Crippen molar-refractivity contribution in [2.45, 2.75) is 44.2 Å². The summed E-state index contributed by atoms with van der Waals surface area (Å²) in [5.74, 6) is 0. The zero-order valence-electron chi connectivity index (χ0n) is 7.63. The van der Waals surface area contributed by atoms with E-state index in [9.17, 15) is 0 Å². The molecule has 1 saturated carbocycles. The van der Waals surface area contributed by atoms with Gasteiger partial charge in [0, 0.05) is 18.7 Å². The van der Waals surface area contributed by atoms with E-state index in [2.05, 4.69) is 5.32 Å². The minimum atomic E-state index is 0.311. The number of hydrogen-bond donors (Lipinski definition) is 3. The van der Waals surface area contributed by atoms with Crippen LogP contribution in [0.1, 0.15) is 32.1 Å². The largest absolute Gasteiger partial charge is 0.396 e. The van der Waals surface area contributed by atoms with Crippen LogP contribution in [0.5, 0.6) is 0 Å². The minimum Gasteiger partial charge on any atom is -0.396 e. The standard InChI is InChI=1S/C9H20N2O/c10-8-3-4-9(7-8)11-5-1-2-6-12/h8-9,11-12H,1-7,10H2. The van der Waals surface area contributed by atoms with E-state index in [1.165, 1.54) is 6.42 Å². The number of nitrogens with two attached hydrogens (primary N) is 1. The summed E-state index contributed by atoms with van der Waals surface area (Å²) in [5, 5.41) is 12.0. The Hall–Kier alpha value is -0.120. The minimum absolute atomic E-state index is 0.311. The van der Waals surface area contributed by atoms with E-state index in [0.29, 0.717) is 18.7 Å². The molecule has 1 aliphatic rings. The molecule has 3 nitrogen and oxygen atoms in total. The van der Waals surface area contributed by atoms with Crippen LogP contribution in [0.25, 0.3) is 0 Å². The van der Waals surface area contributed by atoms with Gasteiger partial charge in [-0.2, -0.15) is 0 Å². The highest BCUT2D eigenvalue weighted by Crippen LogP contribution is 2.16. The van der Waals surface area contributed by atoms with Crippen LogP contribution in [0, 0.1) is 0 Å². The maximum Gasteiger partial charge on any atom is 0.0431 e. The lowest BCUT2D eigenvalue weighted by molar-refractivity contribution is 0.282. The molecule has 4 N–H and O–H groups in total. The highest BCUT2D eigenvalue weighted by Gasteiger charge is 2.20. The molecule has 0 bridgehead atoms. The van der Waals surface area contributed by atoms with Crippen molar-refractivity contribution in [3.8, 4) is 0 Å². The second-order valence-electron chi connectivity index (χ2n) is 3.65. The van der Waals surface area contributed by atoms with Gasteiger partial charge >= 0.3 is 0 Å². The molecule has 0 saturated heterocycles. The van der Waals surface area contributed by atoms with Gasteiger partial charge in [-0.15, -0.1) is 0 Å². The summed E-state index contributed by atoms with van der Waals surface area (Å²) in [5.41, 5.74) is 5.78. The van der Waals surface area contributed by atoms with Gasteiger partial charge in [-0.05, 0) is 38.6 Å². The molecule has 3 heteroatoms. The predicted molar refractivity (Wildman–Crippen MR) is 49.9 cm³/mol. The van der Waals surface area contributed by atoms with Crippen molar-refractivity contribution in [2.75, 3.05) is 13.2 Å². The summed E-state index contributed by atoms with van der Waals surface area (Å²) < 4.78 is 0. The van der Waals surface area contributed by atoms with E-state index in [-0.39, 0.29) is 0 Å². The Morgan fingerprint density at radius 1 is 1.33 bits per heavy atom. The normalized spacial score (nSPS) is 29.5. The molecule has 1 aliphatic carbocycles. The van der Waals surface area contributed by atoms with Gasteiger partial charge in [-0.3, -0.25) is 0 Å². The van der Waals surface area contributed by atoms with E-state index in [1.807, 2.05) is 0 Å². The summed E-state index contributed by atoms with van der Waals surface area (Å²) in [6.45, 7) is 1.34. The summed E-state index contributed by atoms with van der Waals surface area (Å²) in [7, 11) is 0. The molecule has 0 aromatic heterocycles. The van der Waals surface area contributed by atoms with Crippen molar-refractivity contribution in [2.24, 2.45) is 5.73 Å². The van der Waals surface area contributed by atoms with Crippen molar-refractivity contribution in [1.29, 1.82) is 0 Å². The molecule has 2 atom stereocenters. The van der Waals surface area contributed by atoms with Crippen molar-refractivity contribution in [3.05, 3.63) is 0 Å². The summed E-state index contributed by atoms with van der Waals surface area (Å²) in [4.78, 5) is 0. The first-order chi connectivity index (χ1) is 5.83. The predicted octanol–water partition coefficient (Wildman–Crippen LogP) is 0.228. The molecule has 2 unspecified atom stereocenters. The first-order valence-electron chi connectivity index (χ1n) is 4.92. The summed E-state index contributed by atoms with van der Waals surface area (Å²) in [6.07, 6.45) is 5.49. The third-order valence-electron chi connectivity index (χ3n) is 2.49. The monoisotopic (exact) mass is 172 g/mol. The van der Waals surface area contributed by atoms with Gasteiger partial charge < -0.3 is 16.2 Å². The Balaban J connectivity index is 1.93. The number of hydrogen-bond acceptors (Lipinski definition) is 3. The number of unbranched alkanes of at least 4 members (excludes halogenated alkanes) is 1. The van der Waals surface area contributed by atoms with Crippen LogP contribution < -0.4 is 11.1 Å². The molecule has 72 valence electrons. The lowest BCUT2D eigenvalue weighted by Gasteiger charge is -2.11. The zero-order chi connectivity index (χ0) is 8.81. The van der Waals surface area contributed by atoms with Crippen LogP contribution in [0.2, 0.25) is 0 Å². The van der Waals surface area contributed by atoms with Gasteiger partial charge in [0.1, 0.15) is 0 Å². The Labute approximate surface area is 74.3 Å². The first-order valence-corrected chi connectivity index (χ1v) is 4.92. The summed E-state index contributed by atoms with van der Waals surface area (Å²) in [6, 6.07) is 1.05. The van der Waals surface area contributed by atoms with Gasteiger partial charge in [-0.25, -0.2) is 0 Å². The second kappa shape index (κ2) is 5.51. The van der Waals surface area contributed by atoms with Crippen molar-refractivity contribution in [3.63, 3.8) is 0 Å². The molecular formula is C9H20N2O. The molecule has 0 spiro atoms. The molecule has 0 aromatic carbocycles. The summed E-state index contributed by atoms with van der Waals surface area (Å²) >= 11 is 0. The Morgan fingerprint density at radius 2 is 2.17 bits per heavy atom. The van der Waals surface area contributed by atoms with Gasteiger partial charge in [-0.1, -0.05) is 0 Å². The van der Waals surface area contributed by atoms with Crippen LogP contribution >= 0.6 is 0 Å². The average Bonchev–Trinajstić information content (AvgIpc) is 2.45. The van der Waals surface area contributed by atoms with Gasteiger partial charge in [0.15, 0.2) is 0 Å². The fraction of sp³-hybridized carbons (Fsp3) is 1.00. The van der Waals surface area contributed by atoms with E-state index in [0.717, 1.165) is 32.2 Å². The van der Waals surface area contributed by atoms with Crippen molar-refractivity contribution in [1.82, 2.24) is 5.32 Å². The van der Waals surface area contributed by atoms with E-state index in [1.54, 1.807) is 0 Å². The van der Waals surface area contributed by atoms with Crippen molar-refractivity contribution >= 4 is 0 Å². The van der Waals surface area contributed by atoms with Crippen LogP contribution in [0.15, 0.2) is 0 Å². The molecule has 0 aliphatic heterocycles. The van der Waals surface area contributed by atoms with E-state index in [4.69, 9.17) is 10.8 Å². The second-order valence-corrected chi connectivity index (χ2v) is 3.65. The third-order valence-corrected chi connectivity index (χ3v) is 2.49. The quantitative estimate of drug-likeness (QED) is 0.520. The molecule has 1 fully saturated rings. The number of aliphatic hydroxyl groups is 1. The number of nitrogens with one attached hydrogen (secondary N) is 1. The van der Waals surface area contributed by atoms with Gasteiger partial charge in [0.25, 0.3) is 0 Å². The van der Waals surface area contributed by atoms with Crippen LogP contribution in [-0.4, -0.2) is 30.3 Å². The van der Waals surface area contributed by atoms with Crippen molar-refractivity contribution < 1.29 is 5.11 Å². The Bertz CT molecular complexity index is 119. The lowest BCUT2D eigenvalue weighted by Crippen LogP contribution is -2.29. The fourth-order valence-electron chi connectivity index (χ4n) is 1.74. The zero-order valence-corrected chi connectivity index (χ0v) is 7.63. The molecule has 1 rings (SSSR count). The maximum atomic E-state index is 8.55. The van der Waals surface area contributed by atoms with E-state index < -0.39 is 0 Å². The lowest BCUT2D eigenvalue weighted by atomic mass is 10.2. The van der Waals surface area contributed by atoms with Crippen LogP contribution in [0.3, 0.4) is 0 Å². The highest BCUT2D eigenvalue weighted by atomic mass is 16.2. The fourth-order valence-corrected chi connectivity index (χ4v) is 1.74. The highest BCUT2D eigenvalue weighted by molar-refractivity contribution is 4.82. The number of rotatable bonds is 5. The molecule has 0 heterocycles. The van der Waals surface area contributed by atoms with Gasteiger partial charge in [0.2, 0.25) is 0 Å². The average molecular weight is 172 g/mol. The Morgan fingerprint density at radius 3 is 2.75 bits per heavy atom. The topological polar surface area (TPSA) is 58.3 Å². The van der Waals surface area contributed by atoms with Gasteiger partial charge in [0.05, 0.1) is 0 Å². The SMILES string of the molecule is NC1CCC(NCCCCO)C1. The third kappa shape index (κ3) is 3.52. The maximum absolute atomic E-state index is 8.55. The molecule has 0 amide bonds. The number of aliphatic hydroxyl groups excluding tert-OH is 1. The molecule has 0 aromatic rings.